The molecule has 1 fully saturated rings. The lowest BCUT2D eigenvalue weighted by molar-refractivity contribution is 0.121. The molecule has 2 aromatic rings. The first-order valence-electron chi connectivity index (χ1n) is 8.39. The Morgan fingerprint density at radius 1 is 0.913 bits per heavy atom. The van der Waals surface area contributed by atoms with Crippen LogP contribution in [0.1, 0.15) is 18.1 Å². The zero-order chi connectivity index (χ0) is 15.9. The number of para-hydroxylation sites is 1. The maximum Gasteiger partial charge on any atom is 0.123 e. The first-order valence-corrected chi connectivity index (χ1v) is 8.39. The van der Waals surface area contributed by atoms with Gasteiger partial charge < -0.3 is 4.74 Å². The monoisotopic (exact) mass is 311 g/mol. The van der Waals surface area contributed by atoms with E-state index in [1.54, 1.807) is 0 Å². The number of piperazine rings is 1. The van der Waals surface area contributed by atoms with Crippen LogP contribution in [0.5, 0.6) is 5.75 Å². The number of nitrogens with zero attached hydrogens (tertiary/aromatic N) is 3. The van der Waals surface area contributed by atoms with Crippen LogP contribution in [0.25, 0.3) is 0 Å². The highest BCUT2D eigenvalue weighted by Gasteiger charge is 2.18. The summed E-state index contributed by atoms with van der Waals surface area (Å²) in [4.78, 5) is 9.11. The second-order valence-electron chi connectivity index (χ2n) is 5.95. The number of aromatic nitrogens is 1. The molecule has 0 atom stereocenters. The van der Waals surface area contributed by atoms with E-state index in [0.717, 1.165) is 51.6 Å². The van der Waals surface area contributed by atoms with Gasteiger partial charge in [-0.25, -0.2) is 0 Å². The molecule has 0 spiro atoms. The molecule has 0 bridgehead atoms. The van der Waals surface area contributed by atoms with Crippen molar-refractivity contribution in [3.8, 4) is 5.75 Å². The topological polar surface area (TPSA) is 28.6 Å². The number of ether oxygens (including phenoxy) is 1. The first-order chi connectivity index (χ1) is 11.3. The highest BCUT2D eigenvalue weighted by molar-refractivity contribution is 5.33. The highest BCUT2D eigenvalue weighted by Crippen LogP contribution is 2.20. The van der Waals surface area contributed by atoms with E-state index >= 15 is 0 Å². The molecule has 2 heterocycles. The molecule has 0 unspecified atom stereocenters. The van der Waals surface area contributed by atoms with Crippen LogP contribution in [0, 0.1) is 0 Å². The predicted molar refractivity (Wildman–Crippen MR) is 92.4 cm³/mol. The molecule has 1 saturated heterocycles. The van der Waals surface area contributed by atoms with E-state index in [0.29, 0.717) is 0 Å². The van der Waals surface area contributed by atoms with Crippen molar-refractivity contribution < 1.29 is 4.74 Å². The van der Waals surface area contributed by atoms with Gasteiger partial charge in [-0.1, -0.05) is 18.2 Å². The van der Waals surface area contributed by atoms with E-state index in [4.69, 9.17) is 4.74 Å². The molecule has 4 heteroatoms. The third-order valence-corrected chi connectivity index (χ3v) is 4.29. The summed E-state index contributed by atoms with van der Waals surface area (Å²) in [6.45, 7) is 9.17. The fraction of sp³-hybridized carbons (Fsp3) is 0.421. The average molecular weight is 311 g/mol. The van der Waals surface area contributed by atoms with Gasteiger partial charge in [-0.05, 0) is 30.7 Å². The summed E-state index contributed by atoms with van der Waals surface area (Å²) in [6, 6.07) is 12.6. The standard InChI is InChI=1S/C19H25N3O/c1-2-23-19-6-4-3-5-18(19)16-22-13-11-21(12-14-22)15-17-7-9-20-10-8-17/h3-10H,2,11-16H2,1H3. The lowest BCUT2D eigenvalue weighted by atomic mass is 10.1. The normalized spacial score (nSPS) is 16.4. The van der Waals surface area contributed by atoms with Gasteiger partial charge in [0.25, 0.3) is 0 Å². The van der Waals surface area contributed by atoms with E-state index in [9.17, 15) is 0 Å². The third kappa shape index (κ3) is 4.53. The molecular formula is C19H25N3O. The predicted octanol–water partition coefficient (Wildman–Crippen LogP) is 2.80. The number of benzene rings is 1. The van der Waals surface area contributed by atoms with Crippen LogP contribution >= 0.6 is 0 Å². The van der Waals surface area contributed by atoms with Crippen LogP contribution in [0.15, 0.2) is 48.8 Å². The molecule has 0 aliphatic carbocycles. The van der Waals surface area contributed by atoms with E-state index in [1.165, 1.54) is 11.1 Å². The molecule has 4 nitrogen and oxygen atoms in total. The Hall–Kier alpha value is -1.91. The van der Waals surface area contributed by atoms with E-state index in [-0.39, 0.29) is 0 Å². The molecule has 0 radical (unpaired) electrons. The highest BCUT2D eigenvalue weighted by atomic mass is 16.5. The molecule has 3 rings (SSSR count). The summed E-state index contributed by atoms with van der Waals surface area (Å²) in [5.74, 6) is 1.02. The first kappa shape index (κ1) is 16.0. The largest absolute Gasteiger partial charge is 0.494 e. The second-order valence-corrected chi connectivity index (χ2v) is 5.95. The second kappa shape index (κ2) is 8.09. The van der Waals surface area contributed by atoms with Crippen molar-refractivity contribution in [2.75, 3.05) is 32.8 Å². The molecule has 1 aliphatic heterocycles. The Labute approximate surface area is 138 Å². The summed E-state index contributed by atoms with van der Waals surface area (Å²) < 4.78 is 5.74. The smallest absolute Gasteiger partial charge is 0.123 e. The fourth-order valence-electron chi connectivity index (χ4n) is 3.02. The molecule has 23 heavy (non-hydrogen) atoms. The summed E-state index contributed by atoms with van der Waals surface area (Å²) >= 11 is 0. The molecule has 1 aromatic heterocycles. The lowest BCUT2D eigenvalue weighted by Crippen LogP contribution is -2.45. The zero-order valence-electron chi connectivity index (χ0n) is 13.8. The van der Waals surface area contributed by atoms with Crippen molar-refractivity contribution in [3.05, 3.63) is 59.9 Å². The quantitative estimate of drug-likeness (QED) is 0.820. The molecule has 122 valence electrons. The van der Waals surface area contributed by atoms with Gasteiger partial charge in [-0.3, -0.25) is 14.8 Å². The molecule has 0 N–H and O–H groups in total. The summed E-state index contributed by atoms with van der Waals surface area (Å²) in [5, 5.41) is 0. The van der Waals surface area contributed by atoms with Crippen molar-refractivity contribution in [1.29, 1.82) is 0 Å². The van der Waals surface area contributed by atoms with Gasteiger partial charge in [0.1, 0.15) is 5.75 Å². The van der Waals surface area contributed by atoms with Gasteiger partial charge in [0.05, 0.1) is 6.61 Å². The lowest BCUT2D eigenvalue weighted by Gasteiger charge is -2.35. The third-order valence-electron chi connectivity index (χ3n) is 4.29. The summed E-state index contributed by atoms with van der Waals surface area (Å²) in [5.41, 5.74) is 2.63. The van der Waals surface area contributed by atoms with Gasteiger partial charge in [-0.15, -0.1) is 0 Å². The van der Waals surface area contributed by atoms with Crippen LogP contribution in [-0.2, 0) is 13.1 Å². The van der Waals surface area contributed by atoms with Gasteiger partial charge in [0.2, 0.25) is 0 Å². The van der Waals surface area contributed by atoms with Crippen LogP contribution < -0.4 is 4.74 Å². The molecular weight excluding hydrogens is 286 g/mol. The van der Waals surface area contributed by atoms with Gasteiger partial charge in [0, 0.05) is 57.2 Å². The molecule has 1 aliphatic rings. The summed E-state index contributed by atoms with van der Waals surface area (Å²) in [6.07, 6.45) is 3.74. The fourth-order valence-corrected chi connectivity index (χ4v) is 3.02. The number of rotatable bonds is 6. The van der Waals surface area contributed by atoms with Gasteiger partial charge in [-0.2, -0.15) is 0 Å². The minimum atomic E-state index is 0.719. The number of pyridine rings is 1. The van der Waals surface area contributed by atoms with E-state index in [2.05, 4.69) is 45.1 Å². The Balaban J connectivity index is 1.51. The minimum absolute atomic E-state index is 0.719. The molecule has 0 amide bonds. The Kier molecular flexibility index (Phi) is 5.61. The van der Waals surface area contributed by atoms with Crippen molar-refractivity contribution in [3.63, 3.8) is 0 Å². The van der Waals surface area contributed by atoms with Gasteiger partial charge in [0.15, 0.2) is 0 Å². The average Bonchev–Trinajstić information content (AvgIpc) is 2.60. The van der Waals surface area contributed by atoms with Crippen LogP contribution in [0.2, 0.25) is 0 Å². The number of hydrogen-bond donors (Lipinski definition) is 0. The van der Waals surface area contributed by atoms with Crippen LogP contribution in [0.4, 0.5) is 0 Å². The van der Waals surface area contributed by atoms with Crippen molar-refractivity contribution >= 4 is 0 Å². The molecule has 1 aromatic carbocycles. The maximum absolute atomic E-state index is 5.74. The van der Waals surface area contributed by atoms with Crippen LogP contribution in [0.3, 0.4) is 0 Å². The van der Waals surface area contributed by atoms with Crippen molar-refractivity contribution in [2.45, 2.75) is 20.0 Å². The Morgan fingerprint density at radius 3 is 2.26 bits per heavy atom. The van der Waals surface area contributed by atoms with E-state index in [1.807, 2.05) is 25.4 Å². The minimum Gasteiger partial charge on any atom is -0.494 e. The summed E-state index contributed by atoms with van der Waals surface area (Å²) in [7, 11) is 0. The van der Waals surface area contributed by atoms with E-state index < -0.39 is 0 Å². The Morgan fingerprint density at radius 2 is 1.57 bits per heavy atom. The molecule has 0 saturated carbocycles. The zero-order valence-corrected chi connectivity index (χ0v) is 13.8. The van der Waals surface area contributed by atoms with Crippen molar-refractivity contribution in [2.24, 2.45) is 0 Å². The SMILES string of the molecule is CCOc1ccccc1CN1CCN(Cc2ccncc2)CC1. The maximum atomic E-state index is 5.74. The Bertz CT molecular complexity index is 595. The van der Waals surface area contributed by atoms with Gasteiger partial charge >= 0.3 is 0 Å². The van der Waals surface area contributed by atoms with Crippen molar-refractivity contribution in [1.82, 2.24) is 14.8 Å². The van der Waals surface area contributed by atoms with Crippen LogP contribution in [-0.4, -0.2) is 47.6 Å². The number of hydrogen-bond acceptors (Lipinski definition) is 4.